The minimum Gasteiger partial charge on any atom is -0.468 e. The molecule has 1 aromatic heterocycles. The molecule has 1 aliphatic rings. The van der Waals surface area contributed by atoms with Crippen LogP contribution in [0.3, 0.4) is 0 Å². The highest BCUT2D eigenvalue weighted by atomic mass is 32.2. The maximum atomic E-state index is 12.6. The van der Waals surface area contributed by atoms with Crippen molar-refractivity contribution in [2.24, 2.45) is 0 Å². The minimum absolute atomic E-state index is 0.0262. The molecule has 0 atom stereocenters. The third kappa shape index (κ3) is 10.3. The van der Waals surface area contributed by atoms with Crippen LogP contribution in [0.2, 0.25) is 0 Å². The van der Waals surface area contributed by atoms with Gasteiger partial charge >= 0.3 is 0 Å². The smallest absolute Gasteiger partial charge is 0.279 e. The van der Waals surface area contributed by atoms with Gasteiger partial charge in [0.25, 0.3) is 10.2 Å². The molecule has 1 aromatic rings. The number of unbranched alkanes of at least 4 members (excludes halogenated alkanes) is 5. The zero-order valence-corrected chi connectivity index (χ0v) is 21.2. The molecule has 1 saturated carbocycles. The summed E-state index contributed by atoms with van der Waals surface area (Å²) in [6.45, 7) is 5.66. The van der Waals surface area contributed by atoms with E-state index < -0.39 is 10.2 Å². The van der Waals surface area contributed by atoms with Gasteiger partial charge in [-0.25, -0.2) is 0 Å². The molecule has 0 aromatic carbocycles. The summed E-state index contributed by atoms with van der Waals surface area (Å²) in [6, 6.07) is 3.54. The average Bonchev–Trinajstić information content (AvgIpc) is 3.31. The molecule has 186 valence electrons. The van der Waals surface area contributed by atoms with Crippen LogP contribution in [0, 0.1) is 0 Å². The van der Waals surface area contributed by atoms with Crippen LogP contribution in [0.5, 0.6) is 0 Å². The zero-order valence-electron chi connectivity index (χ0n) is 20.4. The van der Waals surface area contributed by atoms with E-state index in [-0.39, 0.29) is 18.7 Å². The van der Waals surface area contributed by atoms with Gasteiger partial charge in [-0.3, -0.25) is 0 Å². The molecule has 8 heteroatoms. The molecule has 1 fully saturated rings. The number of hydrogen-bond acceptors (Lipinski definition) is 5. The number of ether oxygens (including phenoxy) is 1. The van der Waals surface area contributed by atoms with Crippen molar-refractivity contribution in [3.8, 4) is 0 Å². The average molecular weight is 472 g/mol. The molecule has 0 unspecified atom stereocenters. The minimum atomic E-state index is -3.52. The monoisotopic (exact) mass is 471 g/mol. The molecule has 0 aliphatic heterocycles. The molecule has 0 amide bonds. The van der Waals surface area contributed by atoms with Gasteiger partial charge in [0.1, 0.15) is 5.76 Å². The lowest BCUT2D eigenvalue weighted by Gasteiger charge is -2.33. The van der Waals surface area contributed by atoms with E-state index in [9.17, 15) is 8.42 Å². The molecule has 2 rings (SSSR count). The molecular formula is C24H45N3O4S. The van der Waals surface area contributed by atoms with E-state index in [1.54, 1.807) is 25.4 Å². The third-order valence-electron chi connectivity index (χ3n) is 6.48. The molecule has 32 heavy (non-hydrogen) atoms. The van der Waals surface area contributed by atoms with Crippen LogP contribution in [0.25, 0.3) is 0 Å². The maximum Gasteiger partial charge on any atom is 0.279 e. The normalized spacial score (nSPS) is 19.8. The van der Waals surface area contributed by atoms with Gasteiger partial charge in [0.15, 0.2) is 0 Å². The van der Waals surface area contributed by atoms with E-state index in [0.29, 0.717) is 5.76 Å². The van der Waals surface area contributed by atoms with Crippen LogP contribution in [0.15, 0.2) is 22.8 Å². The largest absolute Gasteiger partial charge is 0.468 e. The Hall–Kier alpha value is -0.930. The summed E-state index contributed by atoms with van der Waals surface area (Å²) < 4.78 is 40.5. The second-order valence-electron chi connectivity index (χ2n) is 9.15. The highest BCUT2D eigenvalue weighted by Crippen LogP contribution is 2.26. The Morgan fingerprint density at radius 1 is 1.03 bits per heavy atom. The van der Waals surface area contributed by atoms with E-state index in [4.69, 9.17) is 9.15 Å². The molecule has 1 N–H and O–H groups in total. The van der Waals surface area contributed by atoms with Crippen molar-refractivity contribution in [3.05, 3.63) is 24.2 Å². The van der Waals surface area contributed by atoms with Gasteiger partial charge in [-0.2, -0.15) is 17.4 Å². The molecular weight excluding hydrogens is 426 g/mol. The fraction of sp³-hybridized carbons (Fsp3) is 0.833. The Balaban J connectivity index is 1.51. The second kappa shape index (κ2) is 15.1. The zero-order chi connectivity index (χ0) is 23.2. The quantitative estimate of drug-likeness (QED) is 0.337. The van der Waals surface area contributed by atoms with E-state index >= 15 is 0 Å². The van der Waals surface area contributed by atoms with Gasteiger partial charge in [-0.05, 0) is 77.2 Å². The molecule has 1 heterocycles. The van der Waals surface area contributed by atoms with Crippen LogP contribution in [0.1, 0.15) is 83.3 Å². The van der Waals surface area contributed by atoms with Gasteiger partial charge in [-0.15, -0.1) is 0 Å². The molecule has 0 bridgehead atoms. The first kappa shape index (κ1) is 27.3. The number of rotatable bonds is 17. The van der Waals surface area contributed by atoms with Gasteiger partial charge in [0.05, 0.1) is 18.9 Å². The first-order chi connectivity index (χ1) is 15.4. The van der Waals surface area contributed by atoms with Crippen LogP contribution < -0.4 is 4.72 Å². The lowest BCUT2D eigenvalue weighted by molar-refractivity contribution is 0.0155. The lowest BCUT2D eigenvalue weighted by atomic mass is 9.93. The van der Waals surface area contributed by atoms with Crippen LogP contribution >= 0.6 is 0 Å². The summed E-state index contributed by atoms with van der Waals surface area (Å²) in [6.07, 6.45) is 14.1. The predicted octanol–water partition coefficient (Wildman–Crippen LogP) is 4.56. The molecule has 0 radical (unpaired) electrons. The SMILES string of the molecule is CCCCCN(C)CCCCCCO[C@H]1CC[C@H](N(C)S(=O)(=O)NCc2ccco2)CC1. The molecule has 7 nitrogen and oxygen atoms in total. The van der Waals surface area contributed by atoms with E-state index in [2.05, 4.69) is 23.6 Å². The molecule has 0 saturated heterocycles. The van der Waals surface area contributed by atoms with Crippen LogP contribution in [0.4, 0.5) is 0 Å². The number of hydrogen-bond donors (Lipinski definition) is 1. The Kier molecular flexibility index (Phi) is 12.9. The van der Waals surface area contributed by atoms with Crippen LogP contribution in [-0.4, -0.2) is 63.6 Å². The van der Waals surface area contributed by atoms with Gasteiger partial charge in [0.2, 0.25) is 0 Å². The van der Waals surface area contributed by atoms with Crippen molar-refractivity contribution in [1.82, 2.24) is 13.9 Å². The lowest BCUT2D eigenvalue weighted by Crippen LogP contribution is -2.45. The van der Waals surface area contributed by atoms with Crippen molar-refractivity contribution >= 4 is 10.2 Å². The second-order valence-corrected chi connectivity index (χ2v) is 11.0. The first-order valence-corrected chi connectivity index (χ1v) is 13.9. The Morgan fingerprint density at radius 3 is 2.38 bits per heavy atom. The van der Waals surface area contributed by atoms with Crippen molar-refractivity contribution in [3.63, 3.8) is 0 Å². The van der Waals surface area contributed by atoms with E-state index in [1.165, 1.54) is 55.9 Å². The van der Waals surface area contributed by atoms with Crippen molar-refractivity contribution in [1.29, 1.82) is 0 Å². The summed E-state index contributed by atoms with van der Waals surface area (Å²) in [7, 11) is 0.376. The van der Waals surface area contributed by atoms with E-state index in [0.717, 1.165) is 38.7 Å². The van der Waals surface area contributed by atoms with Crippen molar-refractivity contribution in [2.45, 2.75) is 96.2 Å². The standard InChI is InChI=1S/C24H45N3O4S/c1-4-5-8-17-26(2)18-9-6-7-10-19-30-23-15-13-22(14-16-23)27(3)32(28,29)25-21-24-12-11-20-31-24/h11-12,20,22-23,25H,4-10,13-19,21H2,1-3H3/t22-,23-. The molecule has 0 spiro atoms. The summed E-state index contributed by atoms with van der Waals surface area (Å²) in [5, 5.41) is 0. The first-order valence-electron chi connectivity index (χ1n) is 12.5. The van der Waals surface area contributed by atoms with Crippen LogP contribution in [-0.2, 0) is 21.5 Å². The highest BCUT2D eigenvalue weighted by molar-refractivity contribution is 7.87. The maximum absolute atomic E-state index is 12.6. The topological polar surface area (TPSA) is 75.0 Å². The van der Waals surface area contributed by atoms with Gasteiger partial charge in [-0.1, -0.05) is 32.6 Å². The number of furan rings is 1. The van der Waals surface area contributed by atoms with Gasteiger partial charge in [0, 0.05) is 19.7 Å². The summed E-state index contributed by atoms with van der Waals surface area (Å²) in [5.74, 6) is 0.609. The van der Waals surface area contributed by atoms with Crippen molar-refractivity contribution in [2.75, 3.05) is 33.8 Å². The number of nitrogens with one attached hydrogen (secondary N) is 1. The predicted molar refractivity (Wildman–Crippen MR) is 130 cm³/mol. The Morgan fingerprint density at radius 2 is 1.72 bits per heavy atom. The third-order valence-corrected chi connectivity index (χ3v) is 8.04. The fourth-order valence-electron chi connectivity index (χ4n) is 4.28. The molecule has 1 aliphatic carbocycles. The number of nitrogens with zero attached hydrogens (tertiary/aromatic N) is 2. The summed E-state index contributed by atoms with van der Waals surface area (Å²) in [4.78, 5) is 2.45. The summed E-state index contributed by atoms with van der Waals surface area (Å²) in [5.41, 5.74) is 0. The van der Waals surface area contributed by atoms with Gasteiger partial charge < -0.3 is 14.1 Å². The summed E-state index contributed by atoms with van der Waals surface area (Å²) >= 11 is 0. The highest BCUT2D eigenvalue weighted by Gasteiger charge is 2.30. The Bertz CT molecular complexity index is 688. The fourth-order valence-corrected chi connectivity index (χ4v) is 5.41. The van der Waals surface area contributed by atoms with E-state index in [1.807, 2.05) is 0 Å². The van der Waals surface area contributed by atoms with Crippen molar-refractivity contribution < 1.29 is 17.6 Å². The Labute approximate surface area is 196 Å².